The van der Waals surface area contributed by atoms with Crippen molar-refractivity contribution in [3.63, 3.8) is 0 Å². The van der Waals surface area contributed by atoms with Gasteiger partial charge in [0.25, 0.3) is 0 Å². The maximum absolute atomic E-state index is 5.76. The summed E-state index contributed by atoms with van der Waals surface area (Å²) in [4.78, 5) is 0. The topological polar surface area (TPSA) is 18.5 Å². The van der Waals surface area contributed by atoms with Gasteiger partial charge in [0, 0.05) is 6.61 Å². The quantitative estimate of drug-likeness (QED) is 0.685. The van der Waals surface area contributed by atoms with Gasteiger partial charge in [-0.3, -0.25) is 0 Å². The summed E-state index contributed by atoms with van der Waals surface area (Å²) in [7, 11) is 1.68. The average molecular weight is 250 g/mol. The molecule has 1 aromatic carbocycles. The lowest BCUT2D eigenvalue weighted by molar-refractivity contribution is 0.0846. The highest BCUT2D eigenvalue weighted by Gasteiger charge is 2.07. The number of ether oxygens (including phenoxy) is 2. The molecule has 0 unspecified atom stereocenters. The Labute approximate surface area is 111 Å². The van der Waals surface area contributed by atoms with Crippen molar-refractivity contribution in [2.45, 2.75) is 40.2 Å². The fraction of sp³-hybridized carbons (Fsp3) is 0.625. The van der Waals surface area contributed by atoms with Crippen LogP contribution in [0.5, 0.6) is 5.75 Å². The summed E-state index contributed by atoms with van der Waals surface area (Å²) < 4.78 is 10.9. The molecule has 0 bridgehead atoms. The zero-order valence-electron chi connectivity index (χ0n) is 12.1. The first-order valence-electron chi connectivity index (χ1n) is 6.86. The molecule has 18 heavy (non-hydrogen) atoms. The third-order valence-electron chi connectivity index (χ3n) is 3.33. The van der Waals surface area contributed by atoms with Crippen LogP contribution in [0.4, 0.5) is 0 Å². The van der Waals surface area contributed by atoms with Gasteiger partial charge in [-0.25, -0.2) is 0 Å². The summed E-state index contributed by atoms with van der Waals surface area (Å²) in [6.07, 6.45) is 2.50. The highest BCUT2D eigenvalue weighted by Crippen LogP contribution is 2.16. The molecule has 2 atom stereocenters. The van der Waals surface area contributed by atoms with Gasteiger partial charge in [0.2, 0.25) is 0 Å². The molecule has 0 aliphatic rings. The van der Waals surface area contributed by atoms with Crippen LogP contribution < -0.4 is 4.74 Å². The largest absolute Gasteiger partial charge is 0.497 e. The molecule has 0 heterocycles. The van der Waals surface area contributed by atoms with E-state index in [1.165, 1.54) is 18.4 Å². The maximum atomic E-state index is 5.76. The molecule has 1 rings (SSSR count). The van der Waals surface area contributed by atoms with E-state index in [9.17, 15) is 0 Å². The van der Waals surface area contributed by atoms with Crippen LogP contribution in [-0.2, 0) is 11.3 Å². The van der Waals surface area contributed by atoms with Crippen molar-refractivity contribution < 1.29 is 9.47 Å². The highest BCUT2D eigenvalue weighted by atomic mass is 16.5. The van der Waals surface area contributed by atoms with Gasteiger partial charge in [-0.1, -0.05) is 39.3 Å². The molecule has 0 radical (unpaired) electrons. The normalized spacial score (nSPS) is 14.2. The predicted octanol–water partition coefficient (Wildman–Crippen LogP) is 4.28. The molecule has 2 nitrogen and oxygen atoms in total. The summed E-state index contributed by atoms with van der Waals surface area (Å²) in [5.74, 6) is 2.33. The standard InChI is InChI=1S/C16H26O2/c1-5-13(2)10-14(3)11-18-12-15-6-8-16(17-4)9-7-15/h6-9,13-14H,5,10-12H2,1-4H3/t13-,14+/m1/s1. The number of hydrogen-bond donors (Lipinski definition) is 0. The molecule has 0 spiro atoms. The fourth-order valence-corrected chi connectivity index (χ4v) is 2.02. The lowest BCUT2D eigenvalue weighted by atomic mass is 9.96. The Kier molecular flexibility index (Phi) is 6.81. The lowest BCUT2D eigenvalue weighted by Gasteiger charge is -2.16. The van der Waals surface area contributed by atoms with Crippen LogP contribution in [0.15, 0.2) is 24.3 Å². The molecule has 0 saturated carbocycles. The van der Waals surface area contributed by atoms with E-state index in [0.717, 1.165) is 18.3 Å². The smallest absolute Gasteiger partial charge is 0.118 e. The van der Waals surface area contributed by atoms with Crippen molar-refractivity contribution in [1.29, 1.82) is 0 Å². The number of benzene rings is 1. The minimum Gasteiger partial charge on any atom is -0.497 e. The van der Waals surface area contributed by atoms with E-state index < -0.39 is 0 Å². The first-order valence-corrected chi connectivity index (χ1v) is 6.86. The van der Waals surface area contributed by atoms with E-state index in [2.05, 4.69) is 32.9 Å². The van der Waals surface area contributed by atoms with Crippen molar-refractivity contribution in [2.24, 2.45) is 11.8 Å². The lowest BCUT2D eigenvalue weighted by Crippen LogP contribution is -2.09. The minimum absolute atomic E-state index is 0.637. The summed E-state index contributed by atoms with van der Waals surface area (Å²) in [5, 5.41) is 0. The Morgan fingerprint density at radius 1 is 1.06 bits per heavy atom. The van der Waals surface area contributed by atoms with Crippen LogP contribution in [0.3, 0.4) is 0 Å². The van der Waals surface area contributed by atoms with Crippen LogP contribution >= 0.6 is 0 Å². The Balaban J connectivity index is 2.24. The molecular weight excluding hydrogens is 224 g/mol. The van der Waals surface area contributed by atoms with Gasteiger partial charge in [0.15, 0.2) is 0 Å². The van der Waals surface area contributed by atoms with Gasteiger partial charge in [-0.05, 0) is 36.0 Å². The van der Waals surface area contributed by atoms with Crippen LogP contribution in [0.1, 0.15) is 39.2 Å². The van der Waals surface area contributed by atoms with E-state index in [0.29, 0.717) is 12.5 Å². The van der Waals surface area contributed by atoms with Gasteiger partial charge >= 0.3 is 0 Å². The molecule has 0 aromatic heterocycles. The third-order valence-corrected chi connectivity index (χ3v) is 3.33. The fourth-order valence-electron chi connectivity index (χ4n) is 2.02. The highest BCUT2D eigenvalue weighted by molar-refractivity contribution is 5.26. The first kappa shape index (κ1) is 15.0. The second kappa shape index (κ2) is 8.15. The van der Waals surface area contributed by atoms with Crippen LogP contribution in [0.2, 0.25) is 0 Å². The predicted molar refractivity (Wildman–Crippen MR) is 75.9 cm³/mol. The Hall–Kier alpha value is -1.02. The van der Waals surface area contributed by atoms with Crippen molar-refractivity contribution in [3.05, 3.63) is 29.8 Å². The molecule has 0 N–H and O–H groups in total. The Morgan fingerprint density at radius 3 is 2.28 bits per heavy atom. The van der Waals surface area contributed by atoms with Crippen molar-refractivity contribution in [2.75, 3.05) is 13.7 Å². The molecule has 2 heteroatoms. The van der Waals surface area contributed by atoms with Crippen LogP contribution in [-0.4, -0.2) is 13.7 Å². The maximum Gasteiger partial charge on any atom is 0.118 e. The summed E-state index contributed by atoms with van der Waals surface area (Å²) in [5.41, 5.74) is 1.20. The second-order valence-corrected chi connectivity index (χ2v) is 5.22. The Bertz CT molecular complexity index is 318. The average Bonchev–Trinajstić information content (AvgIpc) is 2.39. The molecule has 102 valence electrons. The van der Waals surface area contributed by atoms with Crippen molar-refractivity contribution in [1.82, 2.24) is 0 Å². The van der Waals surface area contributed by atoms with Gasteiger partial charge < -0.3 is 9.47 Å². The van der Waals surface area contributed by atoms with Crippen molar-refractivity contribution >= 4 is 0 Å². The van der Waals surface area contributed by atoms with Crippen molar-refractivity contribution in [3.8, 4) is 5.75 Å². The van der Waals surface area contributed by atoms with Crippen LogP contribution in [0, 0.1) is 11.8 Å². The van der Waals surface area contributed by atoms with E-state index in [1.54, 1.807) is 7.11 Å². The summed E-state index contributed by atoms with van der Waals surface area (Å²) in [6, 6.07) is 8.05. The monoisotopic (exact) mass is 250 g/mol. The zero-order chi connectivity index (χ0) is 13.4. The van der Waals surface area contributed by atoms with E-state index in [1.807, 2.05) is 12.1 Å². The van der Waals surface area contributed by atoms with Gasteiger partial charge in [0.1, 0.15) is 5.75 Å². The van der Waals surface area contributed by atoms with E-state index >= 15 is 0 Å². The molecule has 0 aliphatic carbocycles. The molecule has 0 saturated heterocycles. The molecule has 1 aromatic rings. The van der Waals surface area contributed by atoms with E-state index in [4.69, 9.17) is 9.47 Å². The number of methoxy groups -OCH3 is 1. The molecular formula is C16H26O2. The molecule has 0 aliphatic heterocycles. The molecule has 0 amide bonds. The van der Waals surface area contributed by atoms with Crippen LogP contribution in [0.25, 0.3) is 0 Å². The Morgan fingerprint density at radius 2 is 1.72 bits per heavy atom. The number of hydrogen-bond acceptors (Lipinski definition) is 2. The SMILES string of the molecule is CC[C@@H](C)C[C@H](C)COCc1ccc(OC)cc1. The molecule has 0 fully saturated rings. The first-order chi connectivity index (χ1) is 8.65. The van der Waals surface area contributed by atoms with E-state index in [-0.39, 0.29) is 0 Å². The minimum atomic E-state index is 0.637. The summed E-state index contributed by atoms with van der Waals surface area (Å²) in [6.45, 7) is 8.35. The third kappa shape index (κ3) is 5.54. The second-order valence-electron chi connectivity index (χ2n) is 5.22. The van der Waals surface area contributed by atoms with Gasteiger partial charge in [-0.2, -0.15) is 0 Å². The zero-order valence-corrected chi connectivity index (χ0v) is 12.1. The number of rotatable bonds is 8. The van der Waals surface area contributed by atoms with Gasteiger partial charge in [-0.15, -0.1) is 0 Å². The summed E-state index contributed by atoms with van der Waals surface area (Å²) >= 11 is 0. The van der Waals surface area contributed by atoms with Gasteiger partial charge in [0.05, 0.1) is 13.7 Å².